The molecule has 1 unspecified atom stereocenters. The SMILES string of the molecule is CC(C)C(O)c1ccn(CCc2ccccn2)c1. The van der Waals surface area contributed by atoms with E-state index in [0.29, 0.717) is 0 Å². The fourth-order valence-electron chi connectivity index (χ4n) is 1.95. The van der Waals surface area contributed by atoms with Crippen LogP contribution in [0, 0.1) is 5.92 Å². The maximum Gasteiger partial charge on any atom is 0.0827 e. The van der Waals surface area contributed by atoms with Gasteiger partial charge in [0.1, 0.15) is 0 Å². The van der Waals surface area contributed by atoms with Gasteiger partial charge in [0.15, 0.2) is 0 Å². The number of hydrogen-bond acceptors (Lipinski definition) is 2. The summed E-state index contributed by atoms with van der Waals surface area (Å²) < 4.78 is 2.11. The van der Waals surface area contributed by atoms with Crippen LogP contribution >= 0.6 is 0 Å². The van der Waals surface area contributed by atoms with Crippen molar-refractivity contribution >= 4 is 0 Å². The average molecular weight is 244 g/mol. The standard InChI is InChI=1S/C15H20N2O/c1-12(2)15(18)13-6-9-17(11-13)10-7-14-5-3-4-8-16-14/h3-6,8-9,11-12,15,18H,7,10H2,1-2H3. The molecule has 18 heavy (non-hydrogen) atoms. The summed E-state index contributed by atoms with van der Waals surface area (Å²) in [5, 5.41) is 9.97. The van der Waals surface area contributed by atoms with Crippen LogP contribution in [0.25, 0.3) is 0 Å². The number of pyridine rings is 1. The molecule has 2 rings (SSSR count). The molecule has 1 atom stereocenters. The highest BCUT2D eigenvalue weighted by atomic mass is 16.3. The molecular weight excluding hydrogens is 224 g/mol. The number of aromatic nitrogens is 2. The summed E-state index contributed by atoms with van der Waals surface area (Å²) >= 11 is 0. The number of aryl methyl sites for hydroxylation is 2. The number of aliphatic hydroxyl groups excluding tert-OH is 1. The van der Waals surface area contributed by atoms with Crippen LogP contribution in [0.15, 0.2) is 42.9 Å². The topological polar surface area (TPSA) is 38.0 Å². The smallest absolute Gasteiger partial charge is 0.0827 e. The zero-order chi connectivity index (χ0) is 13.0. The largest absolute Gasteiger partial charge is 0.388 e. The van der Waals surface area contributed by atoms with Crippen molar-refractivity contribution in [2.45, 2.75) is 32.9 Å². The van der Waals surface area contributed by atoms with Crippen LogP contribution in [0.4, 0.5) is 0 Å². The first-order valence-corrected chi connectivity index (χ1v) is 6.40. The molecule has 0 aliphatic heterocycles. The van der Waals surface area contributed by atoms with Gasteiger partial charge in [-0.05, 0) is 29.7 Å². The third-order valence-corrected chi connectivity index (χ3v) is 3.10. The molecule has 0 bridgehead atoms. The van der Waals surface area contributed by atoms with Crippen molar-refractivity contribution in [1.29, 1.82) is 0 Å². The van der Waals surface area contributed by atoms with E-state index in [1.165, 1.54) is 0 Å². The van der Waals surface area contributed by atoms with E-state index in [4.69, 9.17) is 0 Å². The van der Waals surface area contributed by atoms with Crippen molar-refractivity contribution in [1.82, 2.24) is 9.55 Å². The first-order chi connectivity index (χ1) is 8.66. The van der Waals surface area contributed by atoms with Crippen molar-refractivity contribution in [3.8, 4) is 0 Å². The highest BCUT2D eigenvalue weighted by Crippen LogP contribution is 2.21. The molecule has 0 fully saturated rings. The second-order valence-electron chi connectivity index (χ2n) is 4.94. The van der Waals surface area contributed by atoms with Gasteiger partial charge in [0.05, 0.1) is 6.10 Å². The van der Waals surface area contributed by atoms with Crippen molar-refractivity contribution in [2.75, 3.05) is 0 Å². The van der Waals surface area contributed by atoms with Crippen LogP contribution in [-0.4, -0.2) is 14.7 Å². The van der Waals surface area contributed by atoms with E-state index >= 15 is 0 Å². The molecule has 96 valence electrons. The molecule has 3 heteroatoms. The molecule has 2 aromatic heterocycles. The van der Waals surface area contributed by atoms with Gasteiger partial charge in [-0.15, -0.1) is 0 Å². The summed E-state index contributed by atoms with van der Waals surface area (Å²) in [4.78, 5) is 4.30. The van der Waals surface area contributed by atoms with E-state index in [2.05, 4.69) is 9.55 Å². The van der Waals surface area contributed by atoms with Gasteiger partial charge >= 0.3 is 0 Å². The van der Waals surface area contributed by atoms with Gasteiger partial charge in [0.25, 0.3) is 0 Å². The van der Waals surface area contributed by atoms with Gasteiger partial charge in [0, 0.05) is 37.3 Å². The van der Waals surface area contributed by atoms with E-state index < -0.39 is 0 Å². The minimum atomic E-state index is -0.374. The van der Waals surface area contributed by atoms with Crippen LogP contribution < -0.4 is 0 Å². The van der Waals surface area contributed by atoms with E-state index in [0.717, 1.165) is 24.2 Å². The second-order valence-corrected chi connectivity index (χ2v) is 4.94. The Bertz CT molecular complexity index is 476. The van der Waals surface area contributed by atoms with Crippen LogP contribution in [-0.2, 0) is 13.0 Å². The summed E-state index contributed by atoms with van der Waals surface area (Å²) in [6, 6.07) is 7.96. The average Bonchev–Trinajstić information content (AvgIpc) is 2.85. The van der Waals surface area contributed by atoms with Gasteiger partial charge in [-0.2, -0.15) is 0 Å². The lowest BCUT2D eigenvalue weighted by molar-refractivity contribution is 0.127. The predicted molar refractivity (Wildman–Crippen MR) is 72.2 cm³/mol. The van der Waals surface area contributed by atoms with Crippen LogP contribution in [0.3, 0.4) is 0 Å². The van der Waals surface area contributed by atoms with Crippen molar-refractivity contribution in [2.24, 2.45) is 5.92 Å². The monoisotopic (exact) mass is 244 g/mol. The molecule has 0 saturated heterocycles. The summed E-state index contributed by atoms with van der Waals surface area (Å²) in [5.74, 6) is 0.247. The quantitative estimate of drug-likeness (QED) is 0.878. The maximum absolute atomic E-state index is 9.97. The fraction of sp³-hybridized carbons (Fsp3) is 0.400. The Morgan fingerprint density at radius 3 is 2.78 bits per heavy atom. The van der Waals surface area contributed by atoms with E-state index in [9.17, 15) is 5.11 Å². The summed E-state index contributed by atoms with van der Waals surface area (Å²) in [6.07, 6.45) is 6.39. The Kier molecular flexibility index (Phi) is 4.15. The molecule has 3 nitrogen and oxygen atoms in total. The van der Waals surface area contributed by atoms with Gasteiger partial charge in [0.2, 0.25) is 0 Å². The molecule has 2 aromatic rings. The Hall–Kier alpha value is -1.61. The molecule has 1 N–H and O–H groups in total. The normalized spacial score (nSPS) is 12.9. The van der Waals surface area contributed by atoms with E-state index in [1.54, 1.807) is 0 Å². The lowest BCUT2D eigenvalue weighted by atomic mass is 10.0. The summed E-state index contributed by atoms with van der Waals surface area (Å²) in [5.41, 5.74) is 2.09. The highest BCUT2D eigenvalue weighted by molar-refractivity contribution is 5.14. The van der Waals surface area contributed by atoms with Crippen LogP contribution in [0.2, 0.25) is 0 Å². The van der Waals surface area contributed by atoms with Gasteiger partial charge in [-0.3, -0.25) is 4.98 Å². The minimum absolute atomic E-state index is 0.247. The van der Waals surface area contributed by atoms with Crippen LogP contribution in [0.1, 0.15) is 31.2 Å². The molecule has 0 radical (unpaired) electrons. The fourth-order valence-corrected chi connectivity index (χ4v) is 1.95. The minimum Gasteiger partial charge on any atom is -0.388 e. The molecule has 0 aliphatic carbocycles. The molecule has 0 aromatic carbocycles. The molecule has 2 heterocycles. The predicted octanol–water partition coefficient (Wildman–Crippen LogP) is 2.82. The lowest BCUT2D eigenvalue weighted by Gasteiger charge is -2.12. The van der Waals surface area contributed by atoms with E-state index in [1.807, 2.05) is 56.7 Å². The molecule has 0 saturated carbocycles. The third-order valence-electron chi connectivity index (χ3n) is 3.10. The Morgan fingerprint density at radius 1 is 1.28 bits per heavy atom. The van der Waals surface area contributed by atoms with Gasteiger partial charge in [-0.1, -0.05) is 19.9 Å². The number of nitrogens with zero attached hydrogens (tertiary/aromatic N) is 2. The molecular formula is C15H20N2O. The molecule has 0 spiro atoms. The van der Waals surface area contributed by atoms with Crippen molar-refractivity contribution in [3.05, 3.63) is 54.1 Å². The summed E-state index contributed by atoms with van der Waals surface area (Å²) in [6.45, 7) is 4.94. The number of rotatable bonds is 5. The summed E-state index contributed by atoms with van der Waals surface area (Å²) in [7, 11) is 0. The first kappa shape index (κ1) is 12.8. The third kappa shape index (κ3) is 3.20. The Labute approximate surface area is 108 Å². The van der Waals surface area contributed by atoms with Crippen molar-refractivity contribution in [3.63, 3.8) is 0 Å². The van der Waals surface area contributed by atoms with E-state index in [-0.39, 0.29) is 12.0 Å². The Balaban J connectivity index is 1.95. The van der Waals surface area contributed by atoms with Gasteiger partial charge < -0.3 is 9.67 Å². The first-order valence-electron chi connectivity index (χ1n) is 6.40. The van der Waals surface area contributed by atoms with Crippen molar-refractivity contribution < 1.29 is 5.11 Å². The number of aliphatic hydroxyl groups is 1. The zero-order valence-corrected chi connectivity index (χ0v) is 11.0. The number of hydrogen-bond donors (Lipinski definition) is 1. The zero-order valence-electron chi connectivity index (χ0n) is 11.0. The molecule has 0 aliphatic rings. The highest BCUT2D eigenvalue weighted by Gasteiger charge is 2.12. The van der Waals surface area contributed by atoms with Gasteiger partial charge in [-0.25, -0.2) is 0 Å². The Morgan fingerprint density at radius 2 is 2.11 bits per heavy atom. The molecule has 0 amide bonds. The second kappa shape index (κ2) is 5.83. The maximum atomic E-state index is 9.97. The van der Waals surface area contributed by atoms with Crippen LogP contribution in [0.5, 0.6) is 0 Å². The lowest BCUT2D eigenvalue weighted by Crippen LogP contribution is -2.05.